The molecule has 5 nitrogen and oxygen atoms in total. The van der Waals surface area contributed by atoms with E-state index in [2.05, 4.69) is 16.0 Å². The molecule has 116 valence electrons. The Hall–Kier alpha value is -2.34. The number of carbonyl (C=O) groups excluding carboxylic acids is 2. The van der Waals surface area contributed by atoms with Crippen LogP contribution in [0, 0.1) is 0 Å². The number of amides is 3. The highest BCUT2D eigenvalue weighted by Gasteiger charge is 2.11. The van der Waals surface area contributed by atoms with Gasteiger partial charge in [-0.1, -0.05) is 12.1 Å². The van der Waals surface area contributed by atoms with Crippen molar-refractivity contribution in [2.24, 2.45) is 0 Å². The molecule has 3 amide bonds. The molecule has 2 aromatic rings. The van der Waals surface area contributed by atoms with Gasteiger partial charge in [0.2, 0.25) is 0 Å². The van der Waals surface area contributed by atoms with E-state index >= 15 is 0 Å². The largest absolute Gasteiger partial charge is 0.352 e. The topological polar surface area (TPSA) is 70.2 Å². The molecule has 2 rings (SSSR count). The fourth-order valence-corrected chi connectivity index (χ4v) is 2.71. The molecule has 0 aliphatic rings. The second-order valence-electron chi connectivity index (χ2n) is 4.78. The summed E-state index contributed by atoms with van der Waals surface area (Å²) in [5.41, 5.74) is 1.10. The van der Waals surface area contributed by atoms with Gasteiger partial charge in [-0.15, -0.1) is 11.3 Å². The molecule has 0 saturated carbocycles. The molecular weight excluding hydrogens is 298 g/mol. The molecule has 0 radical (unpaired) electrons. The number of benzene rings is 1. The second kappa shape index (κ2) is 7.61. The predicted octanol–water partition coefficient (Wildman–Crippen LogP) is 3.38. The Morgan fingerprint density at radius 3 is 2.73 bits per heavy atom. The second-order valence-corrected chi connectivity index (χ2v) is 5.76. The Balaban J connectivity index is 1.96. The van der Waals surface area contributed by atoms with E-state index in [1.807, 2.05) is 31.4 Å². The van der Waals surface area contributed by atoms with Crippen LogP contribution in [0.1, 0.15) is 35.1 Å². The summed E-state index contributed by atoms with van der Waals surface area (Å²) in [6, 6.07) is 10.4. The van der Waals surface area contributed by atoms with Crippen molar-refractivity contribution in [3.05, 3.63) is 52.2 Å². The van der Waals surface area contributed by atoms with Crippen LogP contribution >= 0.6 is 11.3 Å². The molecule has 1 aromatic carbocycles. The van der Waals surface area contributed by atoms with E-state index in [0.717, 1.165) is 4.88 Å². The normalized spacial score (nSPS) is 11.5. The van der Waals surface area contributed by atoms with Gasteiger partial charge in [-0.3, -0.25) is 4.79 Å². The summed E-state index contributed by atoms with van der Waals surface area (Å²) in [5.74, 6) is -0.154. The molecule has 0 fully saturated rings. The summed E-state index contributed by atoms with van der Waals surface area (Å²) in [6.45, 7) is 4.35. The number of thiophene rings is 1. The molecule has 0 aliphatic heterocycles. The minimum atomic E-state index is -0.297. The van der Waals surface area contributed by atoms with Crippen LogP contribution in [0.2, 0.25) is 0 Å². The fraction of sp³-hybridized carbons (Fsp3) is 0.250. The van der Waals surface area contributed by atoms with Crippen LogP contribution < -0.4 is 16.0 Å². The standard InChI is InChI=1S/C16H19N3O2S/c1-3-17-15(20)12-6-4-7-13(10-12)19-16(21)18-11(2)14-8-5-9-22-14/h4-11H,3H2,1-2H3,(H,17,20)(H2,18,19,21)/t11-/m0/s1. The van der Waals surface area contributed by atoms with Crippen molar-refractivity contribution >= 4 is 29.0 Å². The molecule has 1 aromatic heterocycles. The predicted molar refractivity (Wildman–Crippen MR) is 89.3 cm³/mol. The molecule has 0 bridgehead atoms. The van der Waals surface area contributed by atoms with Crippen molar-refractivity contribution < 1.29 is 9.59 Å². The van der Waals surface area contributed by atoms with Crippen molar-refractivity contribution in [2.45, 2.75) is 19.9 Å². The number of hydrogen-bond acceptors (Lipinski definition) is 3. The summed E-state index contributed by atoms with van der Waals surface area (Å²) in [6.07, 6.45) is 0. The molecule has 0 saturated heterocycles. The van der Waals surface area contributed by atoms with E-state index in [1.165, 1.54) is 0 Å². The van der Waals surface area contributed by atoms with Gasteiger partial charge in [0.25, 0.3) is 5.91 Å². The van der Waals surface area contributed by atoms with E-state index in [-0.39, 0.29) is 18.0 Å². The maximum Gasteiger partial charge on any atom is 0.319 e. The van der Waals surface area contributed by atoms with Gasteiger partial charge < -0.3 is 16.0 Å². The molecule has 0 spiro atoms. The molecule has 0 unspecified atom stereocenters. The molecule has 1 heterocycles. The SMILES string of the molecule is CCNC(=O)c1cccc(NC(=O)N[C@@H](C)c2cccs2)c1. The van der Waals surface area contributed by atoms with Crippen molar-refractivity contribution in [1.82, 2.24) is 10.6 Å². The molecule has 3 N–H and O–H groups in total. The van der Waals surface area contributed by atoms with Crippen molar-refractivity contribution in [3.63, 3.8) is 0 Å². The molecule has 1 atom stereocenters. The fourth-order valence-electron chi connectivity index (χ4n) is 1.97. The summed E-state index contributed by atoms with van der Waals surface area (Å²) in [7, 11) is 0. The summed E-state index contributed by atoms with van der Waals surface area (Å²) in [4.78, 5) is 24.9. The van der Waals surface area contributed by atoms with E-state index in [9.17, 15) is 9.59 Å². The zero-order chi connectivity index (χ0) is 15.9. The minimum absolute atomic E-state index is 0.0634. The first-order valence-corrected chi connectivity index (χ1v) is 7.97. The van der Waals surface area contributed by atoms with Crippen LogP contribution in [-0.4, -0.2) is 18.5 Å². The van der Waals surface area contributed by atoms with Crippen LogP contribution in [0.5, 0.6) is 0 Å². The van der Waals surface area contributed by atoms with Gasteiger partial charge >= 0.3 is 6.03 Å². The van der Waals surface area contributed by atoms with Gasteiger partial charge in [0.05, 0.1) is 6.04 Å². The molecule has 6 heteroatoms. The number of hydrogen-bond donors (Lipinski definition) is 3. The van der Waals surface area contributed by atoms with Gasteiger partial charge in [0.15, 0.2) is 0 Å². The third-order valence-corrected chi connectivity index (χ3v) is 4.09. The van der Waals surface area contributed by atoms with E-state index < -0.39 is 0 Å². The van der Waals surface area contributed by atoms with E-state index in [4.69, 9.17) is 0 Å². The number of carbonyl (C=O) groups is 2. The van der Waals surface area contributed by atoms with Gasteiger partial charge in [0, 0.05) is 22.7 Å². The number of nitrogens with one attached hydrogen (secondary N) is 3. The van der Waals surface area contributed by atoms with Gasteiger partial charge in [-0.05, 0) is 43.5 Å². The Morgan fingerprint density at radius 2 is 2.05 bits per heavy atom. The number of rotatable bonds is 5. The van der Waals surface area contributed by atoms with E-state index in [0.29, 0.717) is 17.8 Å². The van der Waals surface area contributed by atoms with Gasteiger partial charge in [-0.25, -0.2) is 4.79 Å². The van der Waals surface area contributed by atoms with Crippen molar-refractivity contribution in [2.75, 3.05) is 11.9 Å². The Kier molecular flexibility index (Phi) is 5.55. The Labute approximate surface area is 133 Å². The first kappa shape index (κ1) is 16.0. The highest BCUT2D eigenvalue weighted by molar-refractivity contribution is 7.10. The van der Waals surface area contributed by atoms with Crippen molar-refractivity contribution in [1.29, 1.82) is 0 Å². The van der Waals surface area contributed by atoms with Crippen LogP contribution in [0.4, 0.5) is 10.5 Å². The first-order chi connectivity index (χ1) is 10.6. The third kappa shape index (κ3) is 4.33. The smallest absolute Gasteiger partial charge is 0.319 e. The zero-order valence-electron chi connectivity index (χ0n) is 12.6. The summed E-state index contributed by atoms with van der Waals surface area (Å²) >= 11 is 1.60. The third-order valence-electron chi connectivity index (χ3n) is 3.04. The van der Waals surface area contributed by atoms with Crippen LogP contribution in [0.15, 0.2) is 41.8 Å². The number of anilines is 1. The lowest BCUT2D eigenvalue weighted by Crippen LogP contribution is -2.31. The Morgan fingerprint density at radius 1 is 1.23 bits per heavy atom. The summed E-state index contributed by atoms with van der Waals surface area (Å²) in [5, 5.41) is 10.3. The maximum atomic E-state index is 12.0. The molecular formula is C16H19N3O2S. The van der Waals surface area contributed by atoms with Crippen LogP contribution in [0.25, 0.3) is 0 Å². The monoisotopic (exact) mass is 317 g/mol. The lowest BCUT2D eigenvalue weighted by atomic mass is 10.2. The lowest BCUT2D eigenvalue weighted by Gasteiger charge is -2.13. The van der Waals surface area contributed by atoms with Gasteiger partial charge in [0.1, 0.15) is 0 Å². The van der Waals surface area contributed by atoms with Crippen LogP contribution in [0.3, 0.4) is 0 Å². The number of urea groups is 1. The lowest BCUT2D eigenvalue weighted by molar-refractivity contribution is 0.0956. The maximum absolute atomic E-state index is 12.0. The van der Waals surface area contributed by atoms with Gasteiger partial charge in [-0.2, -0.15) is 0 Å². The minimum Gasteiger partial charge on any atom is -0.352 e. The Bertz CT molecular complexity index is 641. The quantitative estimate of drug-likeness (QED) is 0.791. The molecule has 22 heavy (non-hydrogen) atoms. The van der Waals surface area contributed by atoms with Crippen LogP contribution in [-0.2, 0) is 0 Å². The average molecular weight is 317 g/mol. The highest BCUT2D eigenvalue weighted by Crippen LogP contribution is 2.18. The zero-order valence-corrected chi connectivity index (χ0v) is 13.4. The first-order valence-electron chi connectivity index (χ1n) is 7.09. The van der Waals surface area contributed by atoms with Crippen molar-refractivity contribution in [3.8, 4) is 0 Å². The summed E-state index contributed by atoms with van der Waals surface area (Å²) < 4.78 is 0. The average Bonchev–Trinajstić information content (AvgIpc) is 3.02. The van der Waals surface area contributed by atoms with E-state index in [1.54, 1.807) is 35.6 Å². The highest BCUT2D eigenvalue weighted by atomic mass is 32.1. The molecule has 0 aliphatic carbocycles.